The standard InChI is InChI=1S/C11H15F2NO/c1-10(2,15)11(12,13)9-5-3-4-8(6-9)7-14/h3-6,15H,7,14H2,1-2H3. The van der Waals surface area contributed by atoms with Gasteiger partial charge in [0.15, 0.2) is 0 Å². The van der Waals surface area contributed by atoms with E-state index in [0.29, 0.717) is 5.56 Å². The maximum Gasteiger partial charge on any atom is 0.300 e. The molecule has 0 unspecified atom stereocenters. The first kappa shape index (κ1) is 12.1. The summed E-state index contributed by atoms with van der Waals surface area (Å²) < 4.78 is 27.4. The summed E-state index contributed by atoms with van der Waals surface area (Å²) in [6.07, 6.45) is 0. The summed E-state index contributed by atoms with van der Waals surface area (Å²) in [5.74, 6) is -3.28. The quantitative estimate of drug-likeness (QED) is 0.810. The lowest BCUT2D eigenvalue weighted by molar-refractivity contribution is -0.168. The summed E-state index contributed by atoms with van der Waals surface area (Å²) in [5.41, 5.74) is 3.69. The van der Waals surface area contributed by atoms with Crippen molar-refractivity contribution in [1.29, 1.82) is 0 Å². The first-order chi connectivity index (χ1) is 6.79. The number of aliphatic hydroxyl groups is 1. The molecule has 0 aliphatic rings. The largest absolute Gasteiger partial charge is 0.384 e. The minimum atomic E-state index is -3.28. The van der Waals surface area contributed by atoms with E-state index in [1.54, 1.807) is 6.07 Å². The van der Waals surface area contributed by atoms with E-state index in [9.17, 15) is 13.9 Å². The molecule has 0 spiro atoms. The Hall–Kier alpha value is -1.00. The van der Waals surface area contributed by atoms with Gasteiger partial charge in [-0.1, -0.05) is 18.2 Å². The van der Waals surface area contributed by atoms with Crippen LogP contribution in [0.5, 0.6) is 0 Å². The van der Waals surface area contributed by atoms with Crippen LogP contribution in [0.1, 0.15) is 25.0 Å². The summed E-state index contributed by atoms with van der Waals surface area (Å²) in [6.45, 7) is 2.38. The van der Waals surface area contributed by atoms with Crippen LogP contribution in [0, 0.1) is 0 Å². The average molecular weight is 215 g/mol. The molecule has 0 aliphatic heterocycles. The van der Waals surface area contributed by atoms with Crippen LogP contribution in [0.3, 0.4) is 0 Å². The zero-order valence-electron chi connectivity index (χ0n) is 8.80. The number of hydrogen-bond acceptors (Lipinski definition) is 2. The fraction of sp³-hybridized carbons (Fsp3) is 0.455. The van der Waals surface area contributed by atoms with Gasteiger partial charge in [0.25, 0.3) is 0 Å². The first-order valence-electron chi connectivity index (χ1n) is 4.68. The molecule has 0 atom stereocenters. The van der Waals surface area contributed by atoms with Crippen LogP contribution in [-0.2, 0) is 12.5 Å². The minimum Gasteiger partial charge on any atom is -0.384 e. The average Bonchev–Trinajstić information content (AvgIpc) is 2.16. The van der Waals surface area contributed by atoms with Crippen LogP contribution in [0.15, 0.2) is 24.3 Å². The molecule has 4 heteroatoms. The summed E-state index contributed by atoms with van der Waals surface area (Å²) in [6, 6.07) is 5.79. The van der Waals surface area contributed by atoms with Crippen molar-refractivity contribution in [2.24, 2.45) is 5.73 Å². The summed E-state index contributed by atoms with van der Waals surface area (Å²) >= 11 is 0. The Labute approximate surface area is 87.7 Å². The van der Waals surface area contributed by atoms with Gasteiger partial charge in [-0.2, -0.15) is 8.78 Å². The smallest absolute Gasteiger partial charge is 0.300 e. The predicted molar refractivity (Wildman–Crippen MR) is 54.5 cm³/mol. The number of rotatable bonds is 3. The topological polar surface area (TPSA) is 46.2 Å². The fourth-order valence-electron chi connectivity index (χ4n) is 1.25. The van der Waals surface area contributed by atoms with E-state index in [0.717, 1.165) is 13.8 Å². The third kappa shape index (κ3) is 2.33. The molecule has 1 rings (SSSR count). The van der Waals surface area contributed by atoms with Gasteiger partial charge in [-0.3, -0.25) is 0 Å². The lowest BCUT2D eigenvalue weighted by Crippen LogP contribution is -2.40. The van der Waals surface area contributed by atoms with Gasteiger partial charge in [-0.15, -0.1) is 0 Å². The summed E-state index contributed by atoms with van der Waals surface area (Å²) in [7, 11) is 0. The number of hydrogen-bond donors (Lipinski definition) is 2. The summed E-state index contributed by atoms with van der Waals surface area (Å²) in [5, 5.41) is 9.38. The molecule has 0 saturated carbocycles. The Morgan fingerprint density at radius 1 is 1.33 bits per heavy atom. The molecule has 1 aromatic carbocycles. The lowest BCUT2D eigenvalue weighted by atomic mass is 9.92. The maximum absolute atomic E-state index is 13.7. The van der Waals surface area contributed by atoms with Crippen molar-refractivity contribution < 1.29 is 13.9 Å². The number of alkyl halides is 2. The van der Waals surface area contributed by atoms with E-state index in [1.165, 1.54) is 18.2 Å². The van der Waals surface area contributed by atoms with Gasteiger partial charge < -0.3 is 10.8 Å². The molecule has 0 amide bonds. The van der Waals surface area contributed by atoms with Crippen LogP contribution in [-0.4, -0.2) is 10.7 Å². The molecule has 0 bridgehead atoms. The van der Waals surface area contributed by atoms with Gasteiger partial charge in [0, 0.05) is 12.1 Å². The van der Waals surface area contributed by atoms with Crippen molar-refractivity contribution in [2.45, 2.75) is 31.9 Å². The van der Waals surface area contributed by atoms with Gasteiger partial charge in [0.2, 0.25) is 0 Å². The fourth-order valence-corrected chi connectivity index (χ4v) is 1.25. The molecular weight excluding hydrogens is 200 g/mol. The number of nitrogens with two attached hydrogens (primary N) is 1. The Morgan fingerprint density at radius 3 is 2.40 bits per heavy atom. The van der Waals surface area contributed by atoms with Crippen molar-refractivity contribution in [3.05, 3.63) is 35.4 Å². The Morgan fingerprint density at radius 2 is 1.93 bits per heavy atom. The zero-order chi connectivity index (χ0) is 11.7. The monoisotopic (exact) mass is 215 g/mol. The van der Waals surface area contributed by atoms with Crippen molar-refractivity contribution in [3.63, 3.8) is 0 Å². The minimum absolute atomic E-state index is 0.204. The highest BCUT2D eigenvalue weighted by Crippen LogP contribution is 2.38. The second-order valence-electron chi connectivity index (χ2n) is 4.04. The maximum atomic E-state index is 13.7. The molecule has 15 heavy (non-hydrogen) atoms. The van der Waals surface area contributed by atoms with Crippen LogP contribution >= 0.6 is 0 Å². The molecule has 0 saturated heterocycles. The molecule has 1 aromatic rings. The van der Waals surface area contributed by atoms with E-state index >= 15 is 0 Å². The summed E-state index contributed by atoms with van der Waals surface area (Å²) in [4.78, 5) is 0. The third-order valence-corrected chi connectivity index (χ3v) is 2.29. The normalized spacial score (nSPS) is 12.9. The molecular formula is C11H15F2NO. The third-order valence-electron chi connectivity index (χ3n) is 2.29. The van der Waals surface area contributed by atoms with Crippen LogP contribution in [0.25, 0.3) is 0 Å². The van der Waals surface area contributed by atoms with E-state index in [4.69, 9.17) is 5.73 Å². The Balaban J connectivity index is 3.15. The van der Waals surface area contributed by atoms with Crippen LogP contribution < -0.4 is 5.73 Å². The number of benzene rings is 1. The second kappa shape index (κ2) is 3.87. The molecule has 0 aliphatic carbocycles. The van der Waals surface area contributed by atoms with Crippen molar-refractivity contribution in [1.82, 2.24) is 0 Å². The van der Waals surface area contributed by atoms with Gasteiger partial charge in [-0.25, -0.2) is 0 Å². The highest BCUT2D eigenvalue weighted by Gasteiger charge is 2.46. The molecule has 0 radical (unpaired) electrons. The highest BCUT2D eigenvalue weighted by molar-refractivity contribution is 5.28. The Bertz CT molecular complexity index is 345. The molecule has 2 nitrogen and oxygen atoms in total. The van der Waals surface area contributed by atoms with E-state index < -0.39 is 11.5 Å². The van der Waals surface area contributed by atoms with Crippen molar-refractivity contribution >= 4 is 0 Å². The molecule has 0 aromatic heterocycles. The van der Waals surface area contributed by atoms with Crippen molar-refractivity contribution in [2.75, 3.05) is 0 Å². The van der Waals surface area contributed by atoms with Crippen LogP contribution in [0.2, 0.25) is 0 Å². The van der Waals surface area contributed by atoms with E-state index in [1.807, 2.05) is 0 Å². The van der Waals surface area contributed by atoms with Gasteiger partial charge in [0.05, 0.1) is 0 Å². The van der Waals surface area contributed by atoms with E-state index in [2.05, 4.69) is 0 Å². The van der Waals surface area contributed by atoms with Gasteiger partial charge >= 0.3 is 5.92 Å². The first-order valence-corrected chi connectivity index (χ1v) is 4.68. The molecule has 0 fully saturated rings. The van der Waals surface area contributed by atoms with E-state index in [-0.39, 0.29) is 12.1 Å². The molecule has 3 N–H and O–H groups in total. The van der Waals surface area contributed by atoms with Gasteiger partial charge in [-0.05, 0) is 25.5 Å². The molecule has 0 heterocycles. The Kier molecular flexibility index (Phi) is 3.11. The number of halogens is 2. The van der Waals surface area contributed by atoms with Crippen molar-refractivity contribution in [3.8, 4) is 0 Å². The van der Waals surface area contributed by atoms with Gasteiger partial charge in [0.1, 0.15) is 5.60 Å². The zero-order valence-corrected chi connectivity index (χ0v) is 8.80. The lowest BCUT2D eigenvalue weighted by Gasteiger charge is -2.29. The van der Waals surface area contributed by atoms with Crippen LogP contribution in [0.4, 0.5) is 8.78 Å². The second-order valence-corrected chi connectivity index (χ2v) is 4.04. The highest BCUT2D eigenvalue weighted by atomic mass is 19.3. The molecule has 84 valence electrons. The SMILES string of the molecule is CC(C)(O)C(F)(F)c1cccc(CN)c1. The predicted octanol–water partition coefficient (Wildman–Crippen LogP) is 2.01.